The highest BCUT2D eigenvalue weighted by atomic mass is 16.5. The van der Waals surface area contributed by atoms with Crippen LogP contribution >= 0.6 is 0 Å². The number of hydrogen-bond donors (Lipinski definition) is 3. The number of fused-ring (bicyclic) bond motifs is 7. The Hall–Kier alpha value is -1.48. The Bertz CT molecular complexity index is 1380. The topological polar surface area (TPSA) is 111 Å². The van der Waals surface area contributed by atoms with Gasteiger partial charge < -0.3 is 25.0 Å². The number of aliphatic carboxylic acids is 1. The van der Waals surface area contributed by atoms with Crippen molar-refractivity contribution in [1.29, 1.82) is 0 Å². The molecule has 6 aliphatic rings. The number of allylic oxidation sites excluding steroid dienone is 1. The molecule has 0 aromatic heterocycles. The van der Waals surface area contributed by atoms with Gasteiger partial charge in [-0.3, -0.25) is 14.5 Å². The summed E-state index contributed by atoms with van der Waals surface area (Å²) < 4.78 is 6.10. The molecule has 284 valence electrons. The lowest BCUT2D eigenvalue weighted by atomic mass is 9.31. The fourth-order valence-corrected chi connectivity index (χ4v) is 13.3. The van der Waals surface area contributed by atoms with Gasteiger partial charge in [0.25, 0.3) is 0 Å². The van der Waals surface area contributed by atoms with Gasteiger partial charge in [-0.15, -0.1) is 0 Å². The maximum Gasteiger partial charge on any atom is 0.309 e. The zero-order valence-electron chi connectivity index (χ0n) is 33.2. The zero-order chi connectivity index (χ0) is 36.9. The summed E-state index contributed by atoms with van der Waals surface area (Å²) in [6.45, 7) is 24.4. The van der Waals surface area contributed by atoms with Gasteiger partial charge in [0.15, 0.2) is 0 Å². The summed E-state index contributed by atoms with van der Waals surface area (Å²) in [5.41, 5.74) is -0.0502. The number of rotatable bonds is 8. The van der Waals surface area contributed by atoms with Crippen molar-refractivity contribution in [3.05, 3.63) is 11.1 Å². The van der Waals surface area contributed by atoms with Gasteiger partial charge >= 0.3 is 11.9 Å². The van der Waals surface area contributed by atoms with Crippen LogP contribution in [0.15, 0.2) is 11.1 Å². The van der Waals surface area contributed by atoms with E-state index in [1.807, 2.05) is 0 Å². The lowest BCUT2D eigenvalue weighted by Crippen LogP contribution is -2.73. The van der Waals surface area contributed by atoms with Crippen molar-refractivity contribution in [1.82, 2.24) is 9.80 Å². The molecule has 4 saturated carbocycles. The second kappa shape index (κ2) is 12.6. The third kappa shape index (κ3) is 5.41. The van der Waals surface area contributed by atoms with E-state index in [2.05, 4.69) is 65.3 Å². The monoisotopic (exact) mass is 699 g/mol. The number of aliphatic hydroxyl groups is 2. The number of aliphatic hydroxyl groups excluding tert-OH is 1. The molecule has 50 heavy (non-hydrogen) atoms. The summed E-state index contributed by atoms with van der Waals surface area (Å²) in [6, 6.07) is 0. The number of carboxylic acids is 1. The molecular weight excluding hydrogens is 628 g/mol. The Morgan fingerprint density at radius 2 is 1.52 bits per heavy atom. The molecule has 0 bridgehead atoms. The van der Waals surface area contributed by atoms with E-state index in [0.717, 1.165) is 84.1 Å². The minimum atomic E-state index is -1.20. The van der Waals surface area contributed by atoms with Crippen LogP contribution in [0.1, 0.15) is 133 Å². The van der Waals surface area contributed by atoms with Gasteiger partial charge in [-0.1, -0.05) is 59.6 Å². The summed E-state index contributed by atoms with van der Waals surface area (Å²) in [5, 5.41) is 34.9. The molecule has 6 rings (SSSR count). The molecule has 9 atom stereocenters. The van der Waals surface area contributed by atoms with Crippen LogP contribution in [0.3, 0.4) is 0 Å². The smallest absolute Gasteiger partial charge is 0.309 e. The number of likely N-dealkylation sites (N-methyl/N-ethyl adjacent to an activating group) is 1. The zero-order valence-corrected chi connectivity index (χ0v) is 33.2. The molecule has 1 aliphatic heterocycles. The Morgan fingerprint density at radius 1 is 0.880 bits per heavy atom. The summed E-state index contributed by atoms with van der Waals surface area (Å²) in [5.74, 6) is -0.272. The Kier molecular flexibility index (Phi) is 9.60. The van der Waals surface area contributed by atoms with Gasteiger partial charge in [0.1, 0.15) is 6.10 Å². The Morgan fingerprint density at radius 3 is 2.14 bits per heavy atom. The number of hydrogen-bond acceptors (Lipinski definition) is 7. The molecule has 3 N–H and O–H groups in total. The summed E-state index contributed by atoms with van der Waals surface area (Å²) in [7, 11) is 2.19. The van der Waals surface area contributed by atoms with Crippen LogP contribution in [0.5, 0.6) is 0 Å². The van der Waals surface area contributed by atoms with Crippen molar-refractivity contribution >= 4 is 11.9 Å². The van der Waals surface area contributed by atoms with E-state index >= 15 is 0 Å². The highest BCUT2D eigenvalue weighted by Crippen LogP contribution is 2.78. The largest absolute Gasteiger partial charge is 0.481 e. The van der Waals surface area contributed by atoms with Gasteiger partial charge in [-0.2, -0.15) is 0 Å². The SMILES string of the molecule is CC(C)C1=C2C3CCC4C(C)(CCC5(O)C(C)(C)C(OC(=O)CC(C)(C)C(=O)O)CCC45C)C3(C)CCC2(C(O)CN2CCN(C)CC2)CC1. The standard InChI is InChI=1S/C42H70N2O6/c1-27(2)28-13-16-41(31(45)26-44-23-21-43(10)22-24-44)19-17-38(7)29(34(28)41)11-12-30-39(38,8)18-20-42(49)37(5,6)32(14-15-40(30,42)9)50-33(46)25-36(3,4)35(47)48/h27,29-32,45,49H,11-26H2,1-10H3,(H,47,48). The molecular formula is C42H70N2O6. The van der Waals surface area contributed by atoms with Crippen molar-refractivity contribution in [3.8, 4) is 0 Å². The van der Waals surface area contributed by atoms with Gasteiger partial charge in [0, 0.05) is 49.0 Å². The van der Waals surface area contributed by atoms with Crippen molar-refractivity contribution in [2.24, 2.45) is 50.2 Å². The number of carboxylic acid groups (broad SMARTS) is 1. The molecule has 0 amide bonds. The third-order valence-electron chi connectivity index (χ3n) is 17.1. The van der Waals surface area contributed by atoms with Crippen LogP contribution in [-0.4, -0.2) is 94.6 Å². The molecule has 0 aromatic carbocycles. The van der Waals surface area contributed by atoms with Crippen LogP contribution in [0.25, 0.3) is 0 Å². The molecule has 8 nitrogen and oxygen atoms in total. The maximum absolute atomic E-state index is 13.1. The van der Waals surface area contributed by atoms with Crippen molar-refractivity contribution in [2.75, 3.05) is 39.8 Å². The molecule has 1 saturated heterocycles. The minimum absolute atomic E-state index is 0.0221. The number of carbonyl (C=O) groups is 2. The number of carbonyl (C=O) groups excluding carboxylic acids is 1. The predicted molar refractivity (Wildman–Crippen MR) is 196 cm³/mol. The summed E-state index contributed by atoms with van der Waals surface area (Å²) >= 11 is 0. The van der Waals surface area contributed by atoms with E-state index in [4.69, 9.17) is 4.74 Å². The second-order valence-electron chi connectivity index (χ2n) is 20.3. The normalized spacial score (nSPS) is 42.7. The van der Waals surface area contributed by atoms with Crippen LogP contribution < -0.4 is 0 Å². The fourth-order valence-electron chi connectivity index (χ4n) is 13.3. The number of esters is 1. The van der Waals surface area contributed by atoms with Gasteiger partial charge in [-0.25, -0.2) is 0 Å². The van der Waals surface area contributed by atoms with E-state index in [1.165, 1.54) is 0 Å². The molecule has 1 heterocycles. The maximum atomic E-state index is 13.1. The van der Waals surface area contributed by atoms with E-state index in [9.17, 15) is 24.9 Å². The Balaban J connectivity index is 1.28. The number of piperazine rings is 1. The van der Waals surface area contributed by atoms with E-state index in [0.29, 0.717) is 30.6 Å². The third-order valence-corrected chi connectivity index (χ3v) is 17.1. The molecule has 0 radical (unpaired) electrons. The molecule has 0 aromatic rings. The fraction of sp³-hybridized carbons (Fsp3) is 0.905. The number of ether oxygens (including phenoxy) is 1. The van der Waals surface area contributed by atoms with E-state index in [-0.39, 0.29) is 34.2 Å². The quantitative estimate of drug-likeness (QED) is 0.185. The van der Waals surface area contributed by atoms with E-state index < -0.39 is 34.5 Å². The summed E-state index contributed by atoms with van der Waals surface area (Å²) in [6.07, 6.45) is 8.52. The van der Waals surface area contributed by atoms with Crippen LogP contribution in [-0.2, 0) is 14.3 Å². The highest BCUT2D eigenvalue weighted by Gasteiger charge is 2.74. The molecule has 5 fully saturated rings. The van der Waals surface area contributed by atoms with Crippen LogP contribution in [0.4, 0.5) is 0 Å². The van der Waals surface area contributed by atoms with Crippen LogP contribution in [0.2, 0.25) is 0 Å². The average Bonchev–Trinajstić information content (AvgIpc) is 3.43. The molecule has 8 heteroatoms. The first-order valence-electron chi connectivity index (χ1n) is 20.1. The number of nitrogens with zero attached hydrogens (tertiary/aromatic N) is 2. The first kappa shape index (κ1) is 38.3. The minimum Gasteiger partial charge on any atom is -0.481 e. The first-order chi connectivity index (χ1) is 23.1. The van der Waals surface area contributed by atoms with Gasteiger partial charge in [0.05, 0.1) is 23.5 Å². The molecule has 9 unspecified atom stereocenters. The van der Waals surface area contributed by atoms with Crippen molar-refractivity contribution in [2.45, 2.75) is 151 Å². The average molecular weight is 699 g/mol. The highest BCUT2D eigenvalue weighted by molar-refractivity contribution is 5.81. The van der Waals surface area contributed by atoms with Gasteiger partial charge in [0.2, 0.25) is 0 Å². The first-order valence-corrected chi connectivity index (χ1v) is 20.1. The summed E-state index contributed by atoms with van der Waals surface area (Å²) in [4.78, 5) is 29.7. The molecule has 5 aliphatic carbocycles. The molecule has 0 spiro atoms. The predicted octanol–water partition coefficient (Wildman–Crippen LogP) is 6.92. The number of β-amino-alcohol motifs (C(OH)–C–C–N with tert-alkyl or cyclic N) is 1. The second-order valence-corrected chi connectivity index (χ2v) is 20.3. The van der Waals surface area contributed by atoms with Crippen molar-refractivity contribution < 1.29 is 29.6 Å². The van der Waals surface area contributed by atoms with E-state index in [1.54, 1.807) is 25.0 Å². The van der Waals surface area contributed by atoms with Crippen LogP contribution in [0, 0.1) is 50.2 Å². The van der Waals surface area contributed by atoms with Gasteiger partial charge in [-0.05, 0) is 114 Å². The lowest BCUT2D eigenvalue weighted by molar-refractivity contribution is -0.306. The lowest BCUT2D eigenvalue weighted by Gasteiger charge is -2.74. The Labute approximate surface area is 302 Å². The van der Waals surface area contributed by atoms with Crippen molar-refractivity contribution in [3.63, 3.8) is 0 Å².